The van der Waals surface area contributed by atoms with Crippen LogP contribution in [0.15, 0.2) is 35.2 Å². The van der Waals surface area contributed by atoms with Gasteiger partial charge in [0.25, 0.3) is 10.1 Å². The fraction of sp³-hybridized carbons (Fsp3) is 0.773. The van der Waals surface area contributed by atoms with Crippen molar-refractivity contribution in [3.63, 3.8) is 0 Å². The van der Waals surface area contributed by atoms with Crippen LogP contribution in [-0.4, -0.2) is 13.0 Å². The summed E-state index contributed by atoms with van der Waals surface area (Å²) < 4.78 is 34.7. The van der Waals surface area contributed by atoms with Crippen LogP contribution in [0.5, 0.6) is 0 Å². The van der Waals surface area contributed by atoms with E-state index in [9.17, 15) is 13.0 Å². The molecule has 2 aromatic carbocycles. The third-order valence-electron chi connectivity index (χ3n) is 10.5. The van der Waals surface area contributed by atoms with Crippen molar-refractivity contribution >= 4 is 20.9 Å². The molecule has 0 amide bonds. The molecule has 0 heterocycles. The third-order valence-corrected chi connectivity index (χ3v) is 11.5. The molecule has 1 N–H and O–H groups in total. The smallest absolute Gasteiger partial charge is 0.282 e. The van der Waals surface area contributed by atoms with Crippen LogP contribution in [0.1, 0.15) is 218 Å². The summed E-state index contributed by atoms with van der Waals surface area (Å²) in [4.78, 5) is 0.101. The standard InChI is InChI=1S/C44H76O3S/c1-3-5-7-9-11-13-15-17-19-21-23-25-27-29-31-33-40-35-36-41-37-38-44(48(45,46)47)42(43(41)39-40)34-32-30-28-26-24-22-20-18-16-14-12-10-8-6-4-2/h35-39H,3-34H2,1-2H3,(H,45,46,47). The molecule has 2 rings (SSSR count). The number of benzene rings is 2. The Morgan fingerprint density at radius 3 is 1.15 bits per heavy atom. The van der Waals surface area contributed by atoms with Crippen molar-refractivity contribution in [2.75, 3.05) is 0 Å². The maximum Gasteiger partial charge on any atom is 0.294 e. The Bertz CT molecular complexity index is 1160. The van der Waals surface area contributed by atoms with E-state index in [0.29, 0.717) is 6.42 Å². The molecule has 0 spiro atoms. The van der Waals surface area contributed by atoms with Gasteiger partial charge in [-0.15, -0.1) is 0 Å². The fourth-order valence-electron chi connectivity index (χ4n) is 7.44. The monoisotopic (exact) mass is 685 g/mol. The van der Waals surface area contributed by atoms with Gasteiger partial charge in [0.15, 0.2) is 0 Å². The normalized spacial score (nSPS) is 12.0. The topological polar surface area (TPSA) is 54.4 Å². The fourth-order valence-corrected chi connectivity index (χ4v) is 8.20. The van der Waals surface area contributed by atoms with Gasteiger partial charge in [-0.05, 0) is 53.6 Å². The molecule has 4 heteroatoms. The van der Waals surface area contributed by atoms with Crippen molar-refractivity contribution in [3.8, 4) is 0 Å². The van der Waals surface area contributed by atoms with Gasteiger partial charge in [0.2, 0.25) is 0 Å². The maximum atomic E-state index is 12.3. The Kier molecular flexibility index (Phi) is 25.2. The number of fused-ring (bicyclic) bond motifs is 1. The second-order valence-corrected chi connectivity index (χ2v) is 16.4. The summed E-state index contributed by atoms with van der Waals surface area (Å²) in [6.07, 6.45) is 42.0. The highest BCUT2D eigenvalue weighted by molar-refractivity contribution is 7.85. The largest absolute Gasteiger partial charge is 0.294 e. The lowest BCUT2D eigenvalue weighted by atomic mass is 9.95. The highest BCUT2D eigenvalue weighted by atomic mass is 32.2. The number of rotatable bonds is 33. The Labute approximate surface area is 298 Å². The summed E-state index contributed by atoms with van der Waals surface area (Å²) in [7, 11) is -4.25. The molecule has 0 atom stereocenters. The van der Waals surface area contributed by atoms with Gasteiger partial charge in [-0.1, -0.05) is 218 Å². The van der Waals surface area contributed by atoms with E-state index < -0.39 is 10.1 Å². The molecule has 0 saturated carbocycles. The summed E-state index contributed by atoms with van der Waals surface area (Å²) >= 11 is 0. The van der Waals surface area contributed by atoms with Crippen molar-refractivity contribution in [2.45, 2.75) is 224 Å². The molecule has 0 fully saturated rings. The molecule has 0 aliphatic carbocycles. The first kappa shape index (κ1) is 42.8. The predicted molar refractivity (Wildman–Crippen MR) is 211 cm³/mol. The van der Waals surface area contributed by atoms with E-state index in [2.05, 4.69) is 32.0 Å². The van der Waals surface area contributed by atoms with Crippen molar-refractivity contribution in [3.05, 3.63) is 41.5 Å². The molecule has 0 saturated heterocycles. The maximum absolute atomic E-state index is 12.3. The van der Waals surface area contributed by atoms with E-state index >= 15 is 0 Å². The minimum Gasteiger partial charge on any atom is -0.282 e. The first-order valence-corrected chi connectivity index (χ1v) is 22.4. The van der Waals surface area contributed by atoms with E-state index in [1.165, 1.54) is 185 Å². The van der Waals surface area contributed by atoms with Crippen LogP contribution in [0.2, 0.25) is 0 Å². The van der Waals surface area contributed by atoms with Crippen LogP contribution in [0.3, 0.4) is 0 Å². The predicted octanol–water partition coefficient (Wildman–Crippen LogP) is 14.9. The summed E-state index contributed by atoms with van der Waals surface area (Å²) in [5, 5.41) is 2.08. The van der Waals surface area contributed by atoms with Gasteiger partial charge in [0.1, 0.15) is 0 Å². The van der Waals surface area contributed by atoms with Crippen molar-refractivity contribution in [2.24, 2.45) is 0 Å². The SMILES string of the molecule is CCCCCCCCCCCCCCCCCc1ccc2ccc(S(=O)(=O)O)c(CCCCCCCCCCCCCCCCC)c2c1. The Hall–Kier alpha value is -1.39. The molecule has 0 aromatic heterocycles. The lowest BCUT2D eigenvalue weighted by Gasteiger charge is -2.13. The quantitative estimate of drug-likeness (QED) is 0.0601. The molecule has 0 unspecified atom stereocenters. The molecule has 0 aliphatic heterocycles. The van der Waals surface area contributed by atoms with Crippen molar-refractivity contribution in [1.29, 1.82) is 0 Å². The average Bonchev–Trinajstić information content (AvgIpc) is 3.07. The number of hydrogen-bond acceptors (Lipinski definition) is 2. The van der Waals surface area contributed by atoms with E-state index in [0.717, 1.165) is 35.6 Å². The van der Waals surface area contributed by atoms with Crippen molar-refractivity contribution < 1.29 is 13.0 Å². The van der Waals surface area contributed by atoms with Crippen LogP contribution in [0, 0.1) is 0 Å². The van der Waals surface area contributed by atoms with E-state index in [1.54, 1.807) is 6.07 Å². The van der Waals surface area contributed by atoms with Crippen LogP contribution in [0.4, 0.5) is 0 Å². The van der Waals surface area contributed by atoms with Crippen LogP contribution in [0.25, 0.3) is 10.8 Å². The van der Waals surface area contributed by atoms with Gasteiger partial charge in [0.05, 0.1) is 4.90 Å². The summed E-state index contributed by atoms with van der Waals surface area (Å²) in [6, 6.07) is 10.0. The first-order valence-electron chi connectivity index (χ1n) is 21.0. The van der Waals surface area contributed by atoms with E-state index in [4.69, 9.17) is 0 Å². The Morgan fingerprint density at radius 1 is 0.438 bits per heavy atom. The minimum atomic E-state index is -4.25. The molecular weight excluding hydrogens is 609 g/mol. The van der Waals surface area contributed by atoms with Gasteiger partial charge >= 0.3 is 0 Å². The molecule has 2 aromatic rings. The van der Waals surface area contributed by atoms with Gasteiger partial charge in [0, 0.05) is 0 Å². The zero-order chi connectivity index (χ0) is 34.5. The van der Waals surface area contributed by atoms with Crippen LogP contribution >= 0.6 is 0 Å². The lowest BCUT2D eigenvalue weighted by molar-refractivity contribution is 0.482. The summed E-state index contributed by atoms with van der Waals surface area (Å²) in [5.41, 5.74) is 2.09. The van der Waals surface area contributed by atoms with Gasteiger partial charge < -0.3 is 0 Å². The van der Waals surface area contributed by atoms with E-state index in [-0.39, 0.29) is 4.90 Å². The minimum absolute atomic E-state index is 0.101. The number of unbranched alkanes of at least 4 members (excludes halogenated alkanes) is 28. The number of aryl methyl sites for hydroxylation is 2. The third kappa shape index (κ3) is 20.3. The molecule has 0 bridgehead atoms. The summed E-state index contributed by atoms with van der Waals surface area (Å²) in [6.45, 7) is 4.56. The van der Waals surface area contributed by atoms with Gasteiger partial charge in [-0.2, -0.15) is 8.42 Å². The molecular formula is C44H76O3S. The molecule has 48 heavy (non-hydrogen) atoms. The second-order valence-electron chi connectivity index (χ2n) is 15.0. The first-order chi connectivity index (χ1) is 23.5. The van der Waals surface area contributed by atoms with Gasteiger partial charge in [-0.3, -0.25) is 4.55 Å². The molecule has 0 aliphatic rings. The zero-order valence-electron chi connectivity index (χ0n) is 31.7. The lowest BCUT2D eigenvalue weighted by Crippen LogP contribution is -2.04. The highest BCUT2D eigenvalue weighted by Gasteiger charge is 2.18. The molecule has 276 valence electrons. The Morgan fingerprint density at radius 2 is 0.771 bits per heavy atom. The number of hydrogen-bond donors (Lipinski definition) is 1. The van der Waals surface area contributed by atoms with E-state index in [1.807, 2.05) is 6.07 Å². The Balaban J connectivity index is 1.65. The zero-order valence-corrected chi connectivity index (χ0v) is 32.5. The second kappa shape index (κ2) is 28.3. The molecule has 0 radical (unpaired) electrons. The van der Waals surface area contributed by atoms with Gasteiger partial charge in [-0.25, -0.2) is 0 Å². The van der Waals surface area contributed by atoms with Crippen LogP contribution in [-0.2, 0) is 23.0 Å². The highest BCUT2D eigenvalue weighted by Crippen LogP contribution is 2.29. The summed E-state index contributed by atoms with van der Waals surface area (Å²) in [5.74, 6) is 0. The van der Waals surface area contributed by atoms with Crippen LogP contribution < -0.4 is 0 Å². The van der Waals surface area contributed by atoms with Crippen molar-refractivity contribution in [1.82, 2.24) is 0 Å². The molecule has 3 nitrogen and oxygen atoms in total. The average molecular weight is 685 g/mol.